The van der Waals surface area contributed by atoms with Gasteiger partial charge in [-0.05, 0) is 18.0 Å². The molecule has 0 aromatic carbocycles. The number of nitrogens with zero attached hydrogens (tertiary/aromatic N) is 2. The summed E-state index contributed by atoms with van der Waals surface area (Å²) in [6.45, 7) is 1.87. The molecule has 0 N–H and O–H groups in total. The highest BCUT2D eigenvalue weighted by Gasteiger charge is 2.00. The van der Waals surface area contributed by atoms with Crippen molar-refractivity contribution in [3.05, 3.63) is 9.47 Å². The van der Waals surface area contributed by atoms with Crippen LogP contribution in [-0.4, -0.2) is 30.5 Å². The third-order valence-corrected chi connectivity index (χ3v) is 2.30. The lowest BCUT2D eigenvalue weighted by atomic mass is 10.5. The summed E-state index contributed by atoms with van der Waals surface area (Å²) in [4.78, 5) is 0. The van der Waals surface area contributed by atoms with E-state index in [9.17, 15) is 0 Å². The maximum atomic E-state index is 5.59. The Balaban J connectivity index is 2.06. The number of aromatic nitrogens is 2. The van der Waals surface area contributed by atoms with Crippen molar-refractivity contribution in [1.82, 2.24) is 10.2 Å². The first-order valence-corrected chi connectivity index (χ1v) is 5.07. The second-order valence-corrected chi connectivity index (χ2v) is 3.99. The van der Waals surface area contributed by atoms with E-state index in [0.717, 1.165) is 18.0 Å². The van der Waals surface area contributed by atoms with E-state index in [1.54, 1.807) is 7.11 Å². The molecule has 0 fully saturated rings. The van der Waals surface area contributed by atoms with E-state index in [4.69, 9.17) is 21.1 Å². The van der Waals surface area contributed by atoms with Gasteiger partial charge in [-0.25, -0.2) is 0 Å². The molecule has 0 radical (unpaired) electrons. The maximum Gasteiger partial charge on any atom is 0.207 e. The van der Waals surface area contributed by atoms with Crippen LogP contribution in [0, 0.1) is 0 Å². The van der Waals surface area contributed by atoms with E-state index in [2.05, 4.69) is 10.2 Å². The monoisotopic (exact) mass is 222 g/mol. The molecule has 0 unspecified atom stereocenters. The third kappa shape index (κ3) is 4.52. The summed E-state index contributed by atoms with van der Waals surface area (Å²) in [6, 6.07) is 0. The molecule has 1 aromatic rings. The van der Waals surface area contributed by atoms with Crippen LogP contribution in [0.1, 0.15) is 11.4 Å². The zero-order chi connectivity index (χ0) is 9.52. The van der Waals surface area contributed by atoms with Gasteiger partial charge in [0.1, 0.15) is 11.6 Å². The lowest BCUT2D eigenvalue weighted by Gasteiger charge is -1.99. The van der Waals surface area contributed by atoms with E-state index in [-0.39, 0.29) is 0 Å². The predicted octanol–water partition coefficient (Wildman–Crippen LogP) is 1.74. The smallest absolute Gasteiger partial charge is 0.207 e. The molecule has 0 aliphatic carbocycles. The van der Waals surface area contributed by atoms with E-state index in [1.807, 2.05) is 0 Å². The molecule has 1 aromatic heterocycles. The Hall–Kier alpha value is -0.230. The van der Waals surface area contributed by atoms with E-state index in [1.165, 1.54) is 11.3 Å². The van der Waals surface area contributed by atoms with Crippen LogP contribution in [-0.2, 0) is 16.1 Å². The molecule has 1 heterocycles. The highest BCUT2D eigenvalue weighted by atomic mass is 35.5. The largest absolute Gasteiger partial charge is 0.385 e. The van der Waals surface area contributed by atoms with E-state index < -0.39 is 0 Å². The molecule has 13 heavy (non-hydrogen) atoms. The Kier molecular flexibility index (Phi) is 5.22. The molecule has 0 atom stereocenters. The molecule has 0 aliphatic heterocycles. The van der Waals surface area contributed by atoms with Crippen molar-refractivity contribution in [3.63, 3.8) is 0 Å². The van der Waals surface area contributed by atoms with Crippen LogP contribution in [0.15, 0.2) is 0 Å². The molecule has 0 saturated carbocycles. The van der Waals surface area contributed by atoms with Crippen LogP contribution in [0.5, 0.6) is 0 Å². The molecular formula is C7H11ClN2O2S. The van der Waals surface area contributed by atoms with Gasteiger partial charge in [0, 0.05) is 20.3 Å². The zero-order valence-corrected chi connectivity index (χ0v) is 8.90. The van der Waals surface area contributed by atoms with Crippen molar-refractivity contribution in [2.24, 2.45) is 0 Å². The predicted molar refractivity (Wildman–Crippen MR) is 51.1 cm³/mol. The van der Waals surface area contributed by atoms with Crippen LogP contribution in [0.3, 0.4) is 0 Å². The first-order chi connectivity index (χ1) is 6.33. The summed E-state index contributed by atoms with van der Waals surface area (Å²) >= 11 is 6.93. The lowest BCUT2D eigenvalue weighted by Crippen LogP contribution is -1.98. The Morgan fingerprint density at radius 3 is 2.85 bits per heavy atom. The minimum absolute atomic E-state index is 0.454. The Morgan fingerprint density at radius 1 is 1.38 bits per heavy atom. The minimum Gasteiger partial charge on any atom is -0.385 e. The Bertz CT molecular complexity index is 244. The highest BCUT2D eigenvalue weighted by Crippen LogP contribution is 2.15. The maximum absolute atomic E-state index is 5.59. The van der Waals surface area contributed by atoms with Crippen LogP contribution in [0.2, 0.25) is 4.47 Å². The number of halogens is 1. The van der Waals surface area contributed by atoms with Gasteiger partial charge < -0.3 is 9.47 Å². The molecule has 0 spiro atoms. The second-order valence-electron chi connectivity index (χ2n) is 2.35. The number of ether oxygens (including phenoxy) is 2. The number of methoxy groups -OCH3 is 1. The molecule has 0 saturated heterocycles. The fourth-order valence-electron chi connectivity index (χ4n) is 0.756. The summed E-state index contributed by atoms with van der Waals surface area (Å²) < 4.78 is 10.6. The average molecular weight is 223 g/mol. The van der Waals surface area contributed by atoms with Crippen molar-refractivity contribution >= 4 is 22.9 Å². The zero-order valence-electron chi connectivity index (χ0n) is 7.33. The average Bonchev–Trinajstić information content (AvgIpc) is 2.51. The minimum atomic E-state index is 0.454. The van der Waals surface area contributed by atoms with Gasteiger partial charge in [0.05, 0.1) is 0 Å². The van der Waals surface area contributed by atoms with Crippen molar-refractivity contribution in [3.8, 4) is 0 Å². The number of hydrogen-bond donors (Lipinski definition) is 0. The second kappa shape index (κ2) is 6.26. The fraction of sp³-hybridized carbons (Fsp3) is 0.714. The van der Waals surface area contributed by atoms with Gasteiger partial charge in [0.2, 0.25) is 4.47 Å². The van der Waals surface area contributed by atoms with Gasteiger partial charge in [-0.1, -0.05) is 11.3 Å². The Morgan fingerprint density at radius 2 is 2.23 bits per heavy atom. The fourth-order valence-corrected chi connectivity index (χ4v) is 1.56. The summed E-state index contributed by atoms with van der Waals surface area (Å²) in [6.07, 6.45) is 0.892. The quantitative estimate of drug-likeness (QED) is 0.688. The van der Waals surface area contributed by atoms with Gasteiger partial charge in [0.25, 0.3) is 0 Å². The van der Waals surface area contributed by atoms with Crippen molar-refractivity contribution in [2.75, 3.05) is 20.3 Å². The molecule has 0 bridgehead atoms. The lowest BCUT2D eigenvalue weighted by molar-refractivity contribution is 0.0924. The first-order valence-electron chi connectivity index (χ1n) is 3.87. The summed E-state index contributed by atoms with van der Waals surface area (Å²) in [5.74, 6) is 0. The van der Waals surface area contributed by atoms with Gasteiger partial charge >= 0.3 is 0 Å². The summed E-state index contributed by atoms with van der Waals surface area (Å²) in [7, 11) is 1.67. The van der Waals surface area contributed by atoms with Crippen molar-refractivity contribution in [1.29, 1.82) is 0 Å². The Labute approximate surface area is 85.8 Å². The van der Waals surface area contributed by atoms with Gasteiger partial charge in [-0.2, -0.15) is 0 Å². The van der Waals surface area contributed by atoms with Crippen LogP contribution in [0.4, 0.5) is 0 Å². The molecule has 0 amide bonds. The molecular weight excluding hydrogens is 212 g/mol. The van der Waals surface area contributed by atoms with Crippen LogP contribution in [0.25, 0.3) is 0 Å². The van der Waals surface area contributed by atoms with Crippen LogP contribution >= 0.6 is 22.9 Å². The van der Waals surface area contributed by atoms with E-state index in [0.29, 0.717) is 17.7 Å². The molecule has 74 valence electrons. The SMILES string of the molecule is COCCCOCc1nnc(Cl)s1. The van der Waals surface area contributed by atoms with E-state index >= 15 is 0 Å². The molecule has 0 aliphatic rings. The molecule has 1 rings (SSSR count). The van der Waals surface area contributed by atoms with Crippen molar-refractivity contribution < 1.29 is 9.47 Å². The molecule has 6 heteroatoms. The van der Waals surface area contributed by atoms with Gasteiger partial charge in [0.15, 0.2) is 0 Å². The number of hydrogen-bond acceptors (Lipinski definition) is 5. The first kappa shape index (κ1) is 10.8. The van der Waals surface area contributed by atoms with Crippen molar-refractivity contribution in [2.45, 2.75) is 13.0 Å². The third-order valence-electron chi connectivity index (χ3n) is 1.30. The summed E-state index contributed by atoms with van der Waals surface area (Å²) in [5, 5.41) is 8.28. The van der Waals surface area contributed by atoms with Gasteiger partial charge in [-0.3, -0.25) is 0 Å². The number of rotatable bonds is 6. The summed E-state index contributed by atoms with van der Waals surface area (Å²) in [5.41, 5.74) is 0. The van der Waals surface area contributed by atoms with Gasteiger partial charge in [-0.15, -0.1) is 10.2 Å². The normalized spacial score (nSPS) is 10.6. The van der Waals surface area contributed by atoms with Crippen LogP contribution < -0.4 is 0 Å². The topological polar surface area (TPSA) is 44.2 Å². The molecule has 4 nitrogen and oxygen atoms in total. The standard InChI is InChI=1S/C7H11ClN2O2S/c1-11-3-2-4-12-5-6-9-10-7(8)13-6/h2-5H2,1H3. The highest BCUT2D eigenvalue weighted by molar-refractivity contribution is 7.15.